The normalized spacial score (nSPS) is 20.7. The number of ether oxygens (including phenoxy) is 2. The van der Waals surface area contributed by atoms with Crippen molar-refractivity contribution in [2.45, 2.75) is 43.8 Å². The SMILES string of the molecule is COC(OC)C1CCN(c2ccc(C3c4ccc(O)cc4CC[C@@H]3c3ccccc3)cc2F)CC1. The first kappa shape index (κ1) is 23.8. The van der Waals surface area contributed by atoms with Crippen LogP contribution in [-0.2, 0) is 15.9 Å². The van der Waals surface area contributed by atoms with E-state index in [9.17, 15) is 5.11 Å². The van der Waals surface area contributed by atoms with E-state index >= 15 is 4.39 Å². The third-order valence-corrected chi connectivity index (χ3v) is 7.88. The Morgan fingerprint density at radius 2 is 1.63 bits per heavy atom. The highest BCUT2D eigenvalue weighted by molar-refractivity contribution is 5.53. The molecule has 3 aromatic carbocycles. The van der Waals surface area contributed by atoms with Gasteiger partial charge in [0.05, 0.1) is 5.69 Å². The van der Waals surface area contributed by atoms with Crippen molar-refractivity contribution < 1.29 is 19.0 Å². The molecule has 1 aliphatic heterocycles. The lowest BCUT2D eigenvalue weighted by molar-refractivity contribution is -0.141. The van der Waals surface area contributed by atoms with Crippen molar-refractivity contribution in [2.24, 2.45) is 5.92 Å². The van der Waals surface area contributed by atoms with Gasteiger partial charge in [0.2, 0.25) is 0 Å². The molecule has 1 saturated heterocycles. The summed E-state index contributed by atoms with van der Waals surface area (Å²) in [5, 5.41) is 10.1. The van der Waals surface area contributed by atoms with Crippen LogP contribution in [0.15, 0.2) is 66.7 Å². The summed E-state index contributed by atoms with van der Waals surface area (Å²) in [5.41, 5.74) is 5.26. The third kappa shape index (κ3) is 4.80. The summed E-state index contributed by atoms with van der Waals surface area (Å²) in [6.45, 7) is 1.56. The fourth-order valence-electron chi connectivity index (χ4n) is 6.14. The Balaban J connectivity index is 1.44. The molecule has 5 rings (SSSR count). The molecule has 0 amide bonds. The maximum absolute atomic E-state index is 15.6. The summed E-state index contributed by atoms with van der Waals surface area (Å²) < 4.78 is 26.5. The molecule has 1 heterocycles. The summed E-state index contributed by atoms with van der Waals surface area (Å²) in [4.78, 5) is 2.14. The van der Waals surface area contributed by atoms with Gasteiger partial charge in [0.25, 0.3) is 0 Å². The van der Waals surface area contributed by atoms with Crippen LogP contribution in [0, 0.1) is 11.7 Å². The van der Waals surface area contributed by atoms with Gasteiger partial charge in [0.1, 0.15) is 11.6 Å². The fraction of sp³-hybridized carbons (Fsp3) is 0.400. The zero-order valence-electron chi connectivity index (χ0n) is 20.5. The monoisotopic (exact) mass is 475 g/mol. The molecule has 0 bridgehead atoms. The van der Waals surface area contributed by atoms with Gasteiger partial charge in [-0.25, -0.2) is 4.39 Å². The van der Waals surface area contributed by atoms with Crippen LogP contribution in [0.3, 0.4) is 0 Å². The number of fused-ring (bicyclic) bond motifs is 1. The second-order valence-corrected chi connectivity index (χ2v) is 9.79. The van der Waals surface area contributed by atoms with Gasteiger partial charge in [0, 0.05) is 39.1 Å². The van der Waals surface area contributed by atoms with Gasteiger partial charge < -0.3 is 19.5 Å². The van der Waals surface area contributed by atoms with Gasteiger partial charge in [-0.15, -0.1) is 0 Å². The van der Waals surface area contributed by atoms with Gasteiger partial charge >= 0.3 is 0 Å². The zero-order valence-corrected chi connectivity index (χ0v) is 20.5. The number of hydrogen-bond donors (Lipinski definition) is 1. The number of benzene rings is 3. The molecule has 35 heavy (non-hydrogen) atoms. The first-order valence-electron chi connectivity index (χ1n) is 12.6. The van der Waals surface area contributed by atoms with Gasteiger partial charge in [-0.2, -0.15) is 0 Å². The average molecular weight is 476 g/mol. The van der Waals surface area contributed by atoms with Crippen LogP contribution in [0.25, 0.3) is 0 Å². The minimum Gasteiger partial charge on any atom is -0.508 e. The van der Waals surface area contributed by atoms with E-state index in [1.807, 2.05) is 24.3 Å². The molecule has 3 aromatic rings. The number of rotatable bonds is 6. The van der Waals surface area contributed by atoms with Crippen LogP contribution < -0.4 is 4.90 Å². The van der Waals surface area contributed by atoms with Crippen molar-refractivity contribution in [3.8, 4) is 5.75 Å². The predicted molar refractivity (Wildman–Crippen MR) is 137 cm³/mol. The second-order valence-electron chi connectivity index (χ2n) is 9.79. The number of aromatic hydroxyl groups is 1. The topological polar surface area (TPSA) is 41.9 Å². The maximum atomic E-state index is 15.6. The summed E-state index contributed by atoms with van der Waals surface area (Å²) in [5.74, 6) is 0.739. The number of aryl methyl sites for hydroxylation is 1. The van der Waals surface area contributed by atoms with E-state index in [1.165, 1.54) is 11.1 Å². The van der Waals surface area contributed by atoms with Crippen molar-refractivity contribution >= 4 is 5.69 Å². The highest BCUT2D eigenvalue weighted by Crippen LogP contribution is 2.47. The molecule has 1 unspecified atom stereocenters. The molecule has 0 saturated carbocycles. The summed E-state index contributed by atoms with van der Waals surface area (Å²) >= 11 is 0. The van der Waals surface area contributed by atoms with Gasteiger partial charge in [-0.1, -0.05) is 42.5 Å². The van der Waals surface area contributed by atoms with E-state index in [0.717, 1.165) is 49.9 Å². The first-order valence-corrected chi connectivity index (χ1v) is 12.6. The Morgan fingerprint density at radius 1 is 0.886 bits per heavy atom. The van der Waals surface area contributed by atoms with Crippen molar-refractivity contribution in [3.63, 3.8) is 0 Å². The smallest absolute Gasteiger partial charge is 0.159 e. The molecule has 0 radical (unpaired) electrons. The largest absolute Gasteiger partial charge is 0.508 e. The zero-order chi connectivity index (χ0) is 24.4. The summed E-state index contributed by atoms with van der Waals surface area (Å²) in [7, 11) is 3.35. The minimum atomic E-state index is -0.204. The van der Waals surface area contributed by atoms with Crippen molar-refractivity contribution in [1.29, 1.82) is 0 Å². The lowest BCUT2D eigenvalue weighted by Crippen LogP contribution is -2.39. The molecular weight excluding hydrogens is 441 g/mol. The van der Waals surface area contributed by atoms with Crippen LogP contribution in [-0.4, -0.2) is 38.7 Å². The maximum Gasteiger partial charge on any atom is 0.159 e. The van der Waals surface area contributed by atoms with Gasteiger partial charge in [0.15, 0.2) is 6.29 Å². The van der Waals surface area contributed by atoms with E-state index in [2.05, 4.69) is 35.2 Å². The predicted octanol–water partition coefficient (Wildman–Crippen LogP) is 6.23. The van der Waals surface area contributed by atoms with E-state index in [0.29, 0.717) is 11.6 Å². The van der Waals surface area contributed by atoms with E-state index < -0.39 is 0 Å². The van der Waals surface area contributed by atoms with Gasteiger partial charge in [-0.3, -0.25) is 0 Å². The molecule has 2 atom stereocenters. The van der Waals surface area contributed by atoms with Crippen LogP contribution >= 0.6 is 0 Å². The number of piperidine rings is 1. The number of hydrogen-bond acceptors (Lipinski definition) is 4. The number of methoxy groups -OCH3 is 2. The Kier molecular flexibility index (Phi) is 7.07. The highest BCUT2D eigenvalue weighted by Gasteiger charge is 2.33. The second kappa shape index (κ2) is 10.4. The van der Waals surface area contributed by atoms with Crippen LogP contribution in [0.5, 0.6) is 5.75 Å². The lowest BCUT2D eigenvalue weighted by atomic mass is 9.69. The molecule has 0 aromatic heterocycles. The van der Waals surface area contributed by atoms with Crippen molar-refractivity contribution in [1.82, 2.24) is 0 Å². The quantitative estimate of drug-likeness (QED) is 0.429. The van der Waals surface area contributed by atoms with E-state index in [1.54, 1.807) is 26.4 Å². The summed E-state index contributed by atoms with van der Waals surface area (Å²) in [6.07, 6.45) is 3.47. The molecular formula is C30H34FNO3. The highest BCUT2D eigenvalue weighted by atomic mass is 19.1. The standard InChI is InChI=1S/C30H34FNO3/c1-34-30(35-2)21-14-16-32(17-15-21)28-13-9-23(19-27(28)31)29-25(20-6-4-3-5-7-20)11-8-22-18-24(33)10-12-26(22)29/h3-7,9-10,12-13,18-19,21,25,29-30,33H,8,11,14-17H2,1-2H3/t25-,29?/m1/s1. The first-order chi connectivity index (χ1) is 17.1. The minimum absolute atomic E-state index is 0.0419. The molecule has 4 nitrogen and oxygen atoms in total. The Hall–Kier alpha value is -2.89. The number of anilines is 1. The van der Waals surface area contributed by atoms with Crippen LogP contribution in [0.2, 0.25) is 0 Å². The van der Waals surface area contributed by atoms with Crippen LogP contribution in [0.1, 0.15) is 53.4 Å². The molecule has 184 valence electrons. The molecule has 0 spiro atoms. The number of halogens is 1. The van der Waals surface area contributed by atoms with Crippen molar-refractivity contribution in [2.75, 3.05) is 32.2 Å². The fourth-order valence-corrected chi connectivity index (χ4v) is 6.14. The number of phenolic OH excluding ortho intramolecular Hbond substituents is 1. The molecule has 1 fully saturated rings. The Labute approximate surface area is 207 Å². The molecule has 1 N–H and O–H groups in total. The average Bonchev–Trinajstić information content (AvgIpc) is 2.89. The molecule has 5 heteroatoms. The van der Waals surface area contributed by atoms with E-state index in [-0.39, 0.29) is 29.7 Å². The summed E-state index contributed by atoms with van der Waals surface area (Å²) in [6, 6.07) is 21.9. The Bertz CT molecular complexity index is 1140. The van der Waals surface area contributed by atoms with Gasteiger partial charge in [-0.05, 0) is 78.1 Å². The number of phenols is 1. The third-order valence-electron chi connectivity index (χ3n) is 7.88. The molecule has 1 aliphatic carbocycles. The van der Waals surface area contributed by atoms with Crippen molar-refractivity contribution in [3.05, 3.63) is 94.8 Å². The number of nitrogens with zero attached hydrogens (tertiary/aromatic N) is 1. The van der Waals surface area contributed by atoms with Crippen LogP contribution in [0.4, 0.5) is 10.1 Å². The lowest BCUT2D eigenvalue weighted by Gasteiger charge is -2.37. The van der Waals surface area contributed by atoms with E-state index in [4.69, 9.17) is 9.47 Å². The Morgan fingerprint density at radius 3 is 2.31 bits per heavy atom. The molecule has 2 aliphatic rings.